The van der Waals surface area contributed by atoms with E-state index in [1.165, 1.54) is 0 Å². The second kappa shape index (κ2) is 7.77. The average molecular weight is 320 g/mol. The first kappa shape index (κ1) is 17.7. The molecule has 1 N–H and O–H groups in total. The molecule has 1 aliphatic rings. The monoisotopic (exact) mass is 320 g/mol. The molecule has 0 bridgehead atoms. The molecular weight excluding hydrogens is 292 g/mol. The highest BCUT2D eigenvalue weighted by molar-refractivity contribution is 5.92. The Morgan fingerprint density at radius 1 is 1.39 bits per heavy atom. The van der Waals surface area contributed by atoms with Crippen molar-refractivity contribution in [1.82, 2.24) is 4.98 Å². The van der Waals surface area contributed by atoms with Gasteiger partial charge in [0.15, 0.2) is 0 Å². The van der Waals surface area contributed by atoms with Gasteiger partial charge in [0.25, 0.3) is 0 Å². The molecule has 0 aliphatic heterocycles. The van der Waals surface area contributed by atoms with Crippen LogP contribution in [0.15, 0.2) is 18.5 Å². The number of methoxy groups -OCH3 is 1. The molecule has 0 radical (unpaired) electrons. The number of hydrogen-bond acceptors (Lipinski definition) is 4. The van der Waals surface area contributed by atoms with Crippen molar-refractivity contribution >= 4 is 11.6 Å². The fourth-order valence-electron chi connectivity index (χ4n) is 3.00. The first-order valence-electron chi connectivity index (χ1n) is 8.33. The van der Waals surface area contributed by atoms with Crippen molar-refractivity contribution in [2.75, 3.05) is 12.4 Å². The van der Waals surface area contributed by atoms with Gasteiger partial charge in [0.1, 0.15) is 17.0 Å². The van der Waals surface area contributed by atoms with Crippen molar-refractivity contribution in [1.29, 1.82) is 0 Å². The Morgan fingerprint density at radius 2 is 2.17 bits per heavy atom. The number of amides is 1. The van der Waals surface area contributed by atoms with Crippen LogP contribution in [0.25, 0.3) is 0 Å². The molecule has 0 unspecified atom stereocenters. The highest BCUT2D eigenvalue weighted by Gasteiger charge is 2.24. The van der Waals surface area contributed by atoms with E-state index < -0.39 is 0 Å². The summed E-state index contributed by atoms with van der Waals surface area (Å²) in [5.41, 5.74) is 0.308. The smallest absolute Gasteiger partial charge is 0.224 e. The van der Waals surface area contributed by atoms with Crippen LogP contribution < -0.4 is 10.1 Å². The predicted octanol–water partition coefficient (Wildman–Crippen LogP) is 3.79. The number of aromatic nitrogens is 1. The molecule has 0 saturated heterocycles. The fourth-order valence-corrected chi connectivity index (χ4v) is 3.00. The van der Waals surface area contributed by atoms with Gasteiger partial charge in [-0.15, -0.1) is 0 Å². The molecule has 23 heavy (non-hydrogen) atoms. The van der Waals surface area contributed by atoms with Crippen molar-refractivity contribution in [2.24, 2.45) is 5.92 Å². The topological polar surface area (TPSA) is 60.5 Å². The minimum atomic E-state index is -0.324. The third-order valence-electron chi connectivity index (χ3n) is 4.01. The summed E-state index contributed by atoms with van der Waals surface area (Å²) in [7, 11) is 1.75. The van der Waals surface area contributed by atoms with E-state index in [2.05, 4.69) is 10.3 Å². The molecule has 1 heterocycles. The molecule has 5 heteroatoms. The van der Waals surface area contributed by atoms with Crippen molar-refractivity contribution in [3.63, 3.8) is 0 Å². The van der Waals surface area contributed by atoms with E-state index in [-0.39, 0.29) is 11.5 Å². The summed E-state index contributed by atoms with van der Waals surface area (Å²) in [6.07, 6.45) is 8.39. The molecule has 2 rings (SSSR count). The summed E-state index contributed by atoms with van der Waals surface area (Å²) >= 11 is 0. The van der Waals surface area contributed by atoms with E-state index in [0.29, 0.717) is 29.9 Å². The minimum absolute atomic E-state index is 0.0125. The number of ether oxygens (including phenoxy) is 2. The molecule has 1 fully saturated rings. The van der Waals surface area contributed by atoms with Gasteiger partial charge >= 0.3 is 0 Å². The Labute approximate surface area is 138 Å². The van der Waals surface area contributed by atoms with E-state index in [0.717, 1.165) is 25.7 Å². The van der Waals surface area contributed by atoms with Gasteiger partial charge in [-0.25, -0.2) is 0 Å². The van der Waals surface area contributed by atoms with E-state index >= 15 is 0 Å². The quantitative estimate of drug-likeness (QED) is 0.896. The molecule has 1 aromatic rings. The van der Waals surface area contributed by atoms with Crippen LogP contribution >= 0.6 is 0 Å². The van der Waals surface area contributed by atoms with Crippen LogP contribution in [0.3, 0.4) is 0 Å². The Balaban J connectivity index is 1.95. The van der Waals surface area contributed by atoms with E-state index in [9.17, 15) is 4.79 Å². The van der Waals surface area contributed by atoms with Crippen molar-refractivity contribution in [2.45, 2.75) is 64.6 Å². The number of rotatable bonds is 5. The zero-order valence-corrected chi connectivity index (χ0v) is 14.6. The lowest BCUT2D eigenvalue weighted by Crippen LogP contribution is -2.26. The molecule has 0 spiro atoms. The number of pyridine rings is 1. The largest absolute Gasteiger partial charge is 0.486 e. The van der Waals surface area contributed by atoms with Gasteiger partial charge in [-0.05, 0) is 46.0 Å². The van der Waals surface area contributed by atoms with Gasteiger partial charge in [0, 0.05) is 25.8 Å². The van der Waals surface area contributed by atoms with E-state index in [4.69, 9.17) is 9.47 Å². The Bertz CT molecular complexity index is 525. The molecule has 1 aromatic heterocycles. The lowest BCUT2D eigenvalue weighted by atomic mass is 9.85. The second-order valence-electron chi connectivity index (χ2n) is 7.23. The Kier molecular flexibility index (Phi) is 5.99. The molecule has 2 atom stereocenters. The van der Waals surface area contributed by atoms with Crippen molar-refractivity contribution < 1.29 is 14.3 Å². The molecule has 1 amide bonds. The fraction of sp³-hybridized carbons (Fsp3) is 0.667. The molecule has 5 nitrogen and oxygen atoms in total. The molecule has 1 aliphatic carbocycles. The van der Waals surface area contributed by atoms with Crippen LogP contribution in [-0.2, 0) is 9.53 Å². The van der Waals surface area contributed by atoms with Gasteiger partial charge in [-0.3, -0.25) is 9.78 Å². The maximum absolute atomic E-state index is 12.4. The second-order valence-corrected chi connectivity index (χ2v) is 7.23. The van der Waals surface area contributed by atoms with Gasteiger partial charge in [-0.1, -0.05) is 6.42 Å². The number of nitrogens with one attached hydrogen (secondary N) is 1. The van der Waals surface area contributed by atoms with Crippen LogP contribution in [0.2, 0.25) is 0 Å². The van der Waals surface area contributed by atoms with Gasteiger partial charge in [-0.2, -0.15) is 0 Å². The first-order valence-corrected chi connectivity index (χ1v) is 8.33. The van der Waals surface area contributed by atoms with Crippen LogP contribution in [0, 0.1) is 5.92 Å². The summed E-state index contributed by atoms with van der Waals surface area (Å²) in [4.78, 5) is 16.4. The normalized spacial score (nSPS) is 21.7. The summed E-state index contributed by atoms with van der Waals surface area (Å²) in [5.74, 6) is 1.05. The number of nitrogens with zero attached hydrogens (tertiary/aromatic N) is 1. The van der Waals surface area contributed by atoms with Crippen molar-refractivity contribution in [3.8, 4) is 5.75 Å². The molecular formula is C18H28N2O3. The van der Waals surface area contributed by atoms with Gasteiger partial charge in [0.2, 0.25) is 5.91 Å². The minimum Gasteiger partial charge on any atom is -0.486 e. The standard InChI is InChI=1S/C18H28N2O3/c1-18(2,3)23-16-8-9-19-12-15(16)20-17(21)11-13-6-5-7-14(10-13)22-4/h8-9,12-14H,5-7,10-11H2,1-4H3,(H,20,21)/t13-,14+/m1/s1. The maximum Gasteiger partial charge on any atom is 0.224 e. The molecule has 128 valence electrons. The zero-order valence-electron chi connectivity index (χ0n) is 14.6. The highest BCUT2D eigenvalue weighted by atomic mass is 16.5. The third kappa shape index (κ3) is 5.82. The summed E-state index contributed by atoms with van der Waals surface area (Å²) in [6.45, 7) is 5.93. The van der Waals surface area contributed by atoms with Crippen LogP contribution in [0.5, 0.6) is 5.75 Å². The number of hydrogen-bond donors (Lipinski definition) is 1. The third-order valence-corrected chi connectivity index (χ3v) is 4.01. The van der Waals surface area contributed by atoms with Crippen LogP contribution in [0.1, 0.15) is 52.9 Å². The predicted molar refractivity (Wildman–Crippen MR) is 90.6 cm³/mol. The Hall–Kier alpha value is -1.62. The number of anilines is 1. The van der Waals surface area contributed by atoms with Gasteiger partial charge < -0.3 is 14.8 Å². The van der Waals surface area contributed by atoms with Crippen molar-refractivity contribution in [3.05, 3.63) is 18.5 Å². The SMILES string of the molecule is CO[C@H]1CCC[C@@H](CC(=O)Nc2cnccc2OC(C)(C)C)C1. The summed E-state index contributed by atoms with van der Waals surface area (Å²) < 4.78 is 11.3. The lowest BCUT2D eigenvalue weighted by Gasteiger charge is -2.28. The maximum atomic E-state index is 12.4. The van der Waals surface area contributed by atoms with Crippen LogP contribution in [-0.4, -0.2) is 29.7 Å². The average Bonchev–Trinajstić information content (AvgIpc) is 2.48. The number of carbonyl (C=O) groups is 1. The zero-order chi connectivity index (χ0) is 16.9. The molecule has 1 saturated carbocycles. The number of carbonyl (C=O) groups excluding carboxylic acids is 1. The Morgan fingerprint density at radius 3 is 2.87 bits per heavy atom. The van der Waals surface area contributed by atoms with E-state index in [1.807, 2.05) is 20.8 Å². The lowest BCUT2D eigenvalue weighted by molar-refractivity contribution is -0.117. The summed E-state index contributed by atoms with van der Waals surface area (Å²) in [5, 5.41) is 2.95. The van der Waals surface area contributed by atoms with Gasteiger partial charge in [0.05, 0.1) is 12.3 Å². The van der Waals surface area contributed by atoms with Crippen LogP contribution in [0.4, 0.5) is 5.69 Å². The highest BCUT2D eigenvalue weighted by Crippen LogP contribution is 2.30. The molecule has 0 aromatic carbocycles. The summed E-state index contributed by atoms with van der Waals surface area (Å²) in [6, 6.07) is 1.78. The first-order chi connectivity index (χ1) is 10.9. The van der Waals surface area contributed by atoms with E-state index in [1.54, 1.807) is 25.6 Å².